The van der Waals surface area contributed by atoms with E-state index in [9.17, 15) is 4.79 Å². The second-order valence-corrected chi connectivity index (χ2v) is 3.62. The highest BCUT2D eigenvalue weighted by Crippen LogP contribution is 2.20. The zero-order valence-electron chi connectivity index (χ0n) is 9.24. The summed E-state index contributed by atoms with van der Waals surface area (Å²) in [6.45, 7) is 5.52. The Kier molecular flexibility index (Phi) is 2.52. The quantitative estimate of drug-likeness (QED) is 0.774. The molecule has 3 nitrogen and oxygen atoms in total. The maximum absolute atomic E-state index is 12.1. The van der Waals surface area contributed by atoms with Gasteiger partial charge in [-0.05, 0) is 30.7 Å². The van der Waals surface area contributed by atoms with E-state index in [1.807, 2.05) is 0 Å². The van der Waals surface area contributed by atoms with Gasteiger partial charge in [-0.25, -0.2) is 0 Å². The molecule has 0 radical (unpaired) electrons. The Hall–Kier alpha value is -2.03. The monoisotopic (exact) mass is 216 g/mol. The van der Waals surface area contributed by atoms with Crippen molar-refractivity contribution in [1.82, 2.24) is 0 Å². The summed E-state index contributed by atoms with van der Waals surface area (Å²) in [5, 5.41) is 0.514. The highest BCUT2D eigenvalue weighted by molar-refractivity contribution is 5.81. The fourth-order valence-corrected chi connectivity index (χ4v) is 1.53. The van der Waals surface area contributed by atoms with Gasteiger partial charge in [0.1, 0.15) is 17.6 Å². The number of methoxy groups -OCH3 is 1. The van der Waals surface area contributed by atoms with Crippen molar-refractivity contribution in [3.8, 4) is 5.75 Å². The Morgan fingerprint density at radius 1 is 1.44 bits per heavy atom. The molecule has 0 amide bonds. The van der Waals surface area contributed by atoms with Crippen LogP contribution in [-0.2, 0) is 0 Å². The number of hydrogen-bond donors (Lipinski definition) is 0. The zero-order valence-corrected chi connectivity index (χ0v) is 9.24. The average molecular weight is 216 g/mol. The van der Waals surface area contributed by atoms with Gasteiger partial charge in [-0.1, -0.05) is 6.58 Å². The second-order valence-electron chi connectivity index (χ2n) is 3.62. The van der Waals surface area contributed by atoms with Crippen LogP contribution in [0.3, 0.4) is 0 Å². The number of fused-ring (bicyclic) bond motifs is 1. The largest absolute Gasteiger partial charge is 0.497 e. The van der Waals surface area contributed by atoms with Gasteiger partial charge in [-0.3, -0.25) is 4.79 Å². The third kappa shape index (κ3) is 1.60. The first-order chi connectivity index (χ1) is 7.63. The molecule has 0 unspecified atom stereocenters. The summed E-state index contributed by atoms with van der Waals surface area (Å²) in [6.07, 6.45) is 1.44. The molecule has 0 aliphatic carbocycles. The highest BCUT2D eigenvalue weighted by Gasteiger charge is 2.08. The van der Waals surface area contributed by atoms with Crippen molar-refractivity contribution in [2.45, 2.75) is 6.92 Å². The predicted molar refractivity (Wildman–Crippen MR) is 63.7 cm³/mol. The predicted octanol–water partition coefficient (Wildman–Crippen LogP) is 2.83. The lowest BCUT2D eigenvalue weighted by Crippen LogP contribution is -2.06. The fraction of sp³-hybridized carbons (Fsp3) is 0.154. The van der Waals surface area contributed by atoms with E-state index in [1.165, 1.54) is 6.26 Å². The fourth-order valence-electron chi connectivity index (χ4n) is 1.53. The normalized spacial score (nSPS) is 10.4. The van der Waals surface area contributed by atoms with Gasteiger partial charge in [-0.2, -0.15) is 0 Å². The summed E-state index contributed by atoms with van der Waals surface area (Å²) in [7, 11) is 1.56. The molecule has 1 aromatic carbocycles. The summed E-state index contributed by atoms with van der Waals surface area (Å²) in [5.41, 5.74) is 1.67. The number of hydrogen-bond acceptors (Lipinski definition) is 3. The Bertz CT molecular complexity index is 608. The van der Waals surface area contributed by atoms with E-state index in [2.05, 4.69) is 6.58 Å². The molecule has 0 spiro atoms. The second kappa shape index (κ2) is 3.85. The lowest BCUT2D eigenvalue weighted by molar-refractivity contribution is 0.415. The van der Waals surface area contributed by atoms with Gasteiger partial charge in [0.25, 0.3) is 0 Å². The van der Waals surface area contributed by atoms with E-state index in [0.29, 0.717) is 27.9 Å². The smallest absolute Gasteiger partial charge is 0.200 e. The molecule has 0 aliphatic heterocycles. The van der Waals surface area contributed by atoms with Gasteiger partial charge >= 0.3 is 0 Å². The minimum Gasteiger partial charge on any atom is -0.497 e. The Morgan fingerprint density at radius 3 is 2.81 bits per heavy atom. The van der Waals surface area contributed by atoms with Crippen LogP contribution in [0.5, 0.6) is 5.75 Å². The summed E-state index contributed by atoms with van der Waals surface area (Å²) >= 11 is 0. The van der Waals surface area contributed by atoms with E-state index in [-0.39, 0.29) is 5.43 Å². The van der Waals surface area contributed by atoms with Crippen molar-refractivity contribution in [2.75, 3.05) is 7.11 Å². The zero-order chi connectivity index (χ0) is 11.7. The van der Waals surface area contributed by atoms with Crippen LogP contribution >= 0.6 is 0 Å². The van der Waals surface area contributed by atoms with Crippen LogP contribution in [0.4, 0.5) is 0 Å². The van der Waals surface area contributed by atoms with E-state index >= 15 is 0 Å². The molecular formula is C13H12O3. The number of benzene rings is 1. The number of allylic oxidation sites excluding steroid dienone is 1. The topological polar surface area (TPSA) is 39.4 Å². The van der Waals surface area contributed by atoms with E-state index in [4.69, 9.17) is 9.15 Å². The van der Waals surface area contributed by atoms with Gasteiger partial charge in [0, 0.05) is 0 Å². The molecule has 0 saturated heterocycles. The SMILES string of the molecule is C=C(C)c1coc2ccc(OC)cc2c1=O. The van der Waals surface area contributed by atoms with Gasteiger partial charge in [-0.15, -0.1) is 0 Å². The number of rotatable bonds is 2. The first-order valence-electron chi connectivity index (χ1n) is 4.89. The highest BCUT2D eigenvalue weighted by atomic mass is 16.5. The standard InChI is InChI=1S/C13H12O3/c1-8(2)11-7-16-12-5-4-9(15-3)6-10(12)13(11)14/h4-7H,1H2,2-3H3. The molecule has 1 aromatic heterocycles. The average Bonchev–Trinajstić information content (AvgIpc) is 2.28. The van der Waals surface area contributed by atoms with Gasteiger partial charge in [0.15, 0.2) is 5.43 Å². The van der Waals surface area contributed by atoms with Gasteiger partial charge in [0.2, 0.25) is 0 Å². The lowest BCUT2D eigenvalue weighted by atomic mass is 10.1. The molecule has 0 atom stereocenters. The van der Waals surface area contributed by atoms with Crippen LogP contribution in [0.15, 0.2) is 40.3 Å². The Balaban J connectivity index is 2.81. The van der Waals surface area contributed by atoms with Crippen LogP contribution in [0.25, 0.3) is 16.5 Å². The van der Waals surface area contributed by atoms with Crippen molar-refractivity contribution in [2.24, 2.45) is 0 Å². The summed E-state index contributed by atoms with van der Waals surface area (Å²) in [4.78, 5) is 12.1. The molecule has 3 heteroatoms. The summed E-state index contributed by atoms with van der Waals surface area (Å²) in [5.74, 6) is 0.638. The molecule has 0 N–H and O–H groups in total. The third-order valence-electron chi connectivity index (χ3n) is 2.44. The molecule has 0 aliphatic rings. The van der Waals surface area contributed by atoms with Crippen molar-refractivity contribution >= 4 is 16.5 Å². The number of ether oxygens (including phenoxy) is 1. The van der Waals surface area contributed by atoms with Crippen LogP contribution in [0, 0.1) is 0 Å². The molecule has 2 rings (SSSR count). The molecule has 0 fully saturated rings. The van der Waals surface area contributed by atoms with E-state index in [0.717, 1.165) is 0 Å². The van der Waals surface area contributed by atoms with Crippen LogP contribution < -0.4 is 10.2 Å². The molecule has 1 heterocycles. The summed E-state index contributed by atoms with van der Waals surface area (Å²) in [6, 6.07) is 5.15. The van der Waals surface area contributed by atoms with Gasteiger partial charge in [0.05, 0.1) is 18.1 Å². The maximum Gasteiger partial charge on any atom is 0.200 e. The van der Waals surface area contributed by atoms with Crippen molar-refractivity contribution in [3.05, 3.63) is 46.8 Å². The first kappa shape index (κ1) is 10.5. The molecule has 0 bridgehead atoms. The van der Waals surface area contributed by atoms with Crippen molar-refractivity contribution < 1.29 is 9.15 Å². The molecule has 0 saturated carbocycles. The van der Waals surface area contributed by atoms with E-state index in [1.54, 1.807) is 32.2 Å². The Labute approximate surface area is 93.0 Å². The Morgan fingerprint density at radius 2 is 2.19 bits per heavy atom. The molecule has 82 valence electrons. The van der Waals surface area contributed by atoms with Gasteiger partial charge < -0.3 is 9.15 Å². The molecular weight excluding hydrogens is 204 g/mol. The maximum atomic E-state index is 12.1. The van der Waals surface area contributed by atoms with Crippen molar-refractivity contribution in [3.63, 3.8) is 0 Å². The van der Waals surface area contributed by atoms with Crippen LogP contribution in [0.1, 0.15) is 12.5 Å². The molecule has 16 heavy (non-hydrogen) atoms. The lowest BCUT2D eigenvalue weighted by Gasteiger charge is -2.03. The first-order valence-corrected chi connectivity index (χ1v) is 4.89. The van der Waals surface area contributed by atoms with Crippen LogP contribution in [0.2, 0.25) is 0 Å². The van der Waals surface area contributed by atoms with E-state index < -0.39 is 0 Å². The summed E-state index contributed by atoms with van der Waals surface area (Å²) < 4.78 is 10.4. The van der Waals surface area contributed by atoms with Crippen LogP contribution in [-0.4, -0.2) is 7.11 Å². The minimum absolute atomic E-state index is 0.0762. The minimum atomic E-state index is -0.0762. The third-order valence-corrected chi connectivity index (χ3v) is 2.44. The van der Waals surface area contributed by atoms with Crippen molar-refractivity contribution in [1.29, 1.82) is 0 Å². The molecule has 2 aromatic rings.